The van der Waals surface area contributed by atoms with E-state index in [1.165, 1.54) is 36.1 Å². The van der Waals surface area contributed by atoms with Crippen LogP contribution in [0.15, 0.2) is 12.4 Å². The summed E-state index contributed by atoms with van der Waals surface area (Å²) in [5.41, 5.74) is 3.38. The van der Waals surface area contributed by atoms with Crippen molar-refractivity contribution in [1.82, 2.24) is 14.5 Å². The molecule has 0 saturated heterocycles. The van der Waals surface area contributed by atoms with E-state index in [-0.39, 0.29) is 0 Å². The standard InChI is InChI=1S/C16H25N3OS/c1-4-20-12-15-18-14-11-17-10-13(2)16(14)19(15)8-6-5-7-9-21-3/h10-11H,4-9,12H2,1-3H3. The number of pyridine rings is 1. The minimum atomic E-state index is 0.579. The van der Waals surface area contributed by atoms with Gasteiger partial charge in [-0.1, -0.05) is 6.42 Å². The number of fused-ring (bicyclic) bond motifs is 1. The first-order valence-corrected chi connectivity index (χ1v) is 9.03. The first-order chi connectivity index (χ1) is 10.3. The lowest BCUT2D eigenvalue weighted by Crippen LogP contribution is -2.07. The fourth-order valence-electron chi connectivity index (χ4n) is 2.54. The summed E-state index contributed by atoms with van der Waals surface area (Å²) in [7, 11) is 0. The maximum atomic E-state index is 5.57. The number of imidazole rings is 1. The van der Waals surface area contributed by atoms with Crippen molar-refractivity contribution in [2.75, 3.05) is 18.6 Å². The third-order valence-corrected chi connectivity index (χ3v) is 4.27. The van der Waals surface area contributed by atoms with E-state index in [1.807, 2.05) is 31.1 Å². The number of aromatic nitrogens is 3. The van der Waals surface area contributed by atoms with Gasteiger partial charge in [0.25, 0.3) is 0 Å². The van der Waals surface area contributed by atoms with Gasteiger partial charge in [0.05, 0.1) is 11.7 Å². The molecule has 0 bridgehead atoms. The van der Waals surface area contributed by atoms with Crippen molar-refractivity contribution in [1.29, 1.82) is 0 Å². The summed E-state index contributed by atoms with van der Waals surface area (Å²) in [6.07, 6.45) is 9.67. The number of nitrogens with zero attached hydrogens (tertiary/aromatic N) is 3. The van der Waals surface area contributed by atoms with E-state index in [9.17, 15) is 0 Å². The molecule has 0 N–H and O–H groups in total. The van der Waals surface area contributed by atoms with Gasteiger partial charge < -0.3 is 9.30 Å². The monoisotopic (exact) mass is 307 g/mol. The van der Waals surface area contributed by atoms with Crippen LogP contribution in [0.3, 0.4) is 0 Å². The maximum absolute atomic E-state index is 5.57. The molecule has 0 aliphatic carbocycles. The zero-order valence-electron chi connectivity index (χ0n) is 13.3. The van der Waals surface area contributed by atoms with Crippen molar-refractivity contribution in [3.63, 3.8) is 0 Å². The zero-order valence-corrected chi connectivity index (χ0v) is 14.1. The molecule has 0 atom stereocenters. The fraction of sp³-hybridized carbons (Fsp3) is 0.625. The molecule has 0 radical (unpaired) electrons. The van der Waals surface area contributed by atoms with Gasteiger partial charge in [-0.3, -0.25) is 4.98 Å². The van der Waals surface area contributed by atoms with Crippen LogP contribution in [-0.4, -0.2) is 33.2 Å². The number of hydrogen-bond acceptors (Lipinski definition) is 4. The summed E-state index contributed by atoms with van der Waals surface area (Å²) in [6.45, 7) is 6.43. The van der Waals surface area contributed by atoms with E-state index in [1.54, 1.807) is 0 Å². The van der Waals surface area contributed by atoms with Crippen molar-refractivity contribution in [2.45, 2.75) is 46.3 Å². The van der Waals surface area contributed by atoms with E-state index in [4.69, 9.17) is 9.72 Å². The predicted octanol–water partition coefficient (Wildman–Crippen LogP) is 3.81. The average molecular weight is 307 g/mol. The number of ether oxygens (including phenoxy) is 1. The van der Waals surface area contributed by atoms with Crippen molar-refractivity contribution >= 4 is 22.8 Å². The summed E-state index contributed by atoms with van der Waals surface area (Å²) in [6, 6.07) is 0. The molecule has 2 rings (SSSR count). The SMILES string of the molecule is CCOCc1nc2cncc(C)c2n1CCCCCSC. The van der Waals surface area contributed by atoms with Crippen LogP contribution < -0.4 is 0 Å². The largest absolute Gasteiger partial charge is 0.374 e. The van der Waals surface area contributed by atoms with Crippen LogP contribution in [0.25, 0.3) is 11.0 Å². The van der Waals surface area contributed by atoms with Gasteiger partial charge in [0.1, 0.15) is 17.9 Å². The topological polar surface area (TPSA) is 39.9 Å². The molecule has 0 saturated carbocycles. The van der Waals surface area contributed by atoms with E-state index < -0.39 is 0 Å². The number of rotatable bonds is 9. The summed E-state index contributed by atoms with van der Waals surface area (Å²) in [5, 5.41) is 0. The smallest absolute Gasteiger partial charge is 0.136 e. The highest BCUT2D eigenvalue weighted by molar-refractivity contribution is 7.98. The van der Waals surface area contributed by atoms with Crippen LogP contribution in [-0.2, 0) is 17.9 Å². The lowest BCUT2D eigenvalue weighted by molar-refractivity contribution is 0.126. The molecular formula is C16H25N3OS. The van der Waals surface area contributed by atoms with Crippen LogP contribution in [0.4, 0.5) is 0 Å². The van der Waals surface area contributed by atoms with Crippen molar-refractivity contribution < 1.29 is 4.74 Å². The Morgan fingerprint density at radius 3 is 2.86 bits per heavy atom. The second kappa shape index (κ2) is 8.39. The second-order valence-electron chi connectivity index (χ2n) is 5.19. The Morgan fingerprint density at radius 2 is 2.10 bits per heavy atom. The molecule has 0 amide bonds. The van der Waals surface area contributed by atoms with Gasteiger partial charge in [-0.15, -0.1) is 0 Å². The highest BCUT2D eigenvalue weighted by Crippen LogP contribution is 2.20. The molecule has 0 unspecified atom stereocenters. The van der Waals surface area contributed by atoms with E-state index in [0.717, 1.165) is 17.9 Å². The van der Waals surface area contributed by atoms with Gasteiger partial charge in [0.15, 0.2) is 0 Å². The molecule has 4 nitrogen and oxygen atoms in total. The van der Waals surface area contributed by atoms with Crippen LogP contribution >= 0.6 is 11.8 Å². The van der Waals surface area contributed by atoms with Crippen LogP contribution in [0.2, 0.25) is 0 Å². The minimum absolute atomic E-state index is 0.579. The molecule has 2 aromatic rings. The third-order valence-electron chi connectivity index (χ3n) is 3.58. The molecule has 0 spiro atoms. The molecule has 2 aromatic heterocycles. The molecule has 0 fully saturated rings. The van der Waals surface area contributed by atoms with E-state index in [0.29, 0.717) is 13.2 Å². The average Bonchev–Trinajstić information content (AvgIpc) is 2.84. The Morgan fingerprint density at radius 1 is 1.24 bits per heavy atom. The summed E-state index contributed by atoms with van der Waals surface area (Å²) >= 11 is 1.92. The number of thioether (sulfide) groups is 1. The molecule has 0 aliphatic heterocycles. The van der Waals surface area contributed by atoms with Crippen molar-refractivity contribution in [3.8, 4) is 0 Å². The van der Waals surface area contributed by atoms with Gasteiger partial charge in [-0.25, -0.2) is 4.98 Å². The Bertz CT molecular complexity index is 568. The summed E-state index contributed by atoms with van der Waals surface area (Å²) < 4.78 is 7.89. The van der Waals surface area contributed by atoms with Crippen molar-refractivity contribution in [3.05, 3.63) is 23.8 Å². The van der Waals surface area contributed by atoms with E-state index in [2.05, 4.69) is 22.7 Å². The highest BCUT2D eigenvalue weighted by atomic mass is 32.2. The summed E-state index contributed by atoms with van der Waals surface area (Å²) in [5.74, 6) is 2.27. The molecular weight excluding hydrogens is 282 g/mol. The fourth-order valence-corrected chi connectivity index (χ4v) is 3.04. The third kappa shape index (κ3) is 4.20. The van der Waals surface area contributed by atoms with Gasteiger partial charge in [-0.2, -0.15) is 11.8 Å². The summed E-state index contributed by atoms with van der Waals surface area (Å²) in [4.78, 5) is 8.95. The normalized spacial score (nSPS) is 11.4. The van der Waals surface area contributed by atoms with Crippen LogP contribution in [0.5, 0.6) is 0 Å². The first kappa shape index (κ1) is 16.3. The highest BCUT2D eigenvalue weighted by Gasteiger charge is 2.12. The Kier molecular flexibility index (Phi) is 6.51. The molecule has 2 heterocycles. The number of aryl methyl sites for hydroxylation is 2. The van der Waals surface area contributed by atoms with Crippen LogP contribution in [0.1, 0.15) is 37.6 Å². The molecule has 116 valence electrons. The second-order valence-corrected chi connectivity index (χ2v) is 6.18. The maximum Gasteiger partial charge on any atom is 0.136 e. The van der Waals surface area contributed by atoms with Gasteiger partial charge in [0, 0.05) is 19.3 Å². The minimum Gasteiger partial charge on any atom is -0.374 e. The lowest BCUT2D eigenvalue weighted by atomic mass is 10.2. The predicted molar refractivity (Wildman–Crippen MR) is 89.8 cm³/mol. The van der Waals surface area contributed by atoms with Gasteiger partial charge in [-0.05, 0) is 44.3 Å². The quantitative estimate of drug-likeness (QED) is 0.660. The van der Waals surface area contributed by atoms with Gasteiger partial charge >= 0.3 is 0 Å². The van der Waals surface area contributed by atoms with Crippen molar-refractivity contribution in [2.24, 2.45) is 0 Å². The molecule has 0 aliphatic rings. The Labute approximate surface area is 131 Å². The zero-order chi connectivity index (χ0) is 15.1. The Balaban J connectivity index is 2.16. The molecule has 5 heteroatoms. The Hall–Kier alpha value is -1.07. The lowest BCUT2D eigenvalue weighted by Gasteiger charge is -2.10. The number of unbranched alkanes of at least 4 members (excludes halogenated alkanes) is 2. The van der Waals surface area contributed by atoms with Crippen LogP contribution in [0, 0.1) is 6.92 Å². The molecule has 0 aromatic carbocycles. The van der Waals surface area contributed by atoms with E-state index >= 15 is 0 Å². The first-order valence-electron chi connectivity index (χ1n) is 7.64. The number of hydrogen-bond donors (Lipinski definition) is 0. The molecule has 21 heavy (non-hydrogen) atoms. The van der Waals surface area contributed by atoms with Gasteiger partial charge in [0.2, 0.25) is 0 Å².